The Hall–Kier alpha value is -0.0800. The SMILES string of the molecule is CCCCCC(C)(O)CCNCCC. The van der Waals surface area contributed by atoms with Gasteiger partial charge in [0.05, 0.1) is 5.60 Å². The smallest absolute Gasteiger partial charge is 0.0631 e. The molecule has 0 aliphatic heterocycles. The van der Waals surface area contributed by atoms with Gasteiger partial charge in [0.2, 0.25) is 0 Å². The fraction of sp³-hybridized carbons (Fsp3) is 1.00. The van der Waals surface area contributed by atoms with E-state index in [4.69, 9.17) is 0 Å². The molecule has 86 valence electrons. The van der Waals surface area contributed by atoms with E-state index >= 15 is 0 Å². The molecule has 14 heavy (non-hydrogen) atoms. The van der Waals surface area contributed by atoms with Gasteiger partial charge in [0.1, 0.15) is 0 Å². The van der Waals surface area contributed by atoms with Crippen molar-refractivity contribution in [3.05, 3.63) is 0 Å². The summed E-state index contributed by atoms with van der Waals surface area (Å²) in [5, 5.41) is 13.3. The maximum Gasteiger partial charge on any atom is 0.0631 e. The lowest BCUT2D eigenvalue weighted by Crippen LogP contribution is -2.30. The third-order valence-electron chi connectivity index (χ3n) is 2.59. The highest BCUT2D eigenvalue weighted by Gasteiger charge is 2.18. The largest absolute Gasteiger partial charge is 0.390 e. The van der Waals surface area contributed by atoms with Crippen LogP contribution in [0.4, 0.5) is 0 Å². The van der Waals surface area contributed by atoms with Crippen LogP contribution in [0.1, 0.15) is 59.3 Å². The summed E-state index contributed by atoms with van der Waals surface area (Å²) in [6.07, 6.45) is 6.59. The first-order valence-corrected chi connectivity index (χ1v) is 6.05. The Kier molecular flexibility index (Phi) is 8.20. The van der Waals surface area contributed by atoms with Gasteiger partial charge in [-0.2, -0.15) is 0 Å². The molecule has 1 unspecified atom stereocenters. The molecule has 2 N–H and O–H groups in total. The van der Waals surface area contributed by atoms with Gasteiger partial charge in [0, 0.05) is 0 Å². The first-order valence-electron chi connectivity index (χ1n) is 6.05. The number of unbranched alkanes of at least 4 members (excludes halogenated alkanes) is 2. The van der Waals surface area contributed by atoms with Crippen LogP contribution in [0.5, 0.6) is 0 Å². The molecule has 0 saturated carbocycles. The van der Waals surface area contributed by atoms with Crippen molar-refractivity contribution in [2.75, 3.05) is 13.1 Å². The number of aliphatic hydroxyl groups is 1. The van der Waals surface area contributed by atoms with Crippen LogP contribution in [-0.2, 0) is 0 Å². The molecular formula is C12H27NO. The van der Waals surface area contributed by atoms with E-state index in [1.54, 1.807) is 0 Å². The number of hydrogen-bond acceptors (Lipinski definition) is 2. The van der Waals surface area contributed by atoms with E-state index in [2.05, 4.69) is 19.2 Å². The Morgan fingerprint density at radius 3 is 2.29 bits per heavy atom. The summed E-state index contributed by atoms with van der Waals surface area (Å²) in [5.41, 5.74) is -0.462. The molecular weight excluding hydrogens is 174 g/mol. The van der Waals surface area contributed by atoms with E-state index < -0.39 is 5.60 Å². The number of nitrogens with one attached hydrogen (secondary N) is 1. The van der Waals surface area contributed by atoms with Crippen LogP contribution in [0.25, 0.3) is 0 Å². The average Bonchev–Trinajstić information content (AvgIpc) is 2.13. The Bertz CT molecular complexity index is 123. The van der Waals surface area contributed by atoms with E-state index in [-0.39, 0.29) is 0 Å². The lowest BCUT2D eigenvalue weighted by Gasteiger charge is -2.23. The predicted molar refractivity (Wildman–Crippen MR) is 62.5 cm³/mol. The second kappa shape index (κ2) is 8.25. The fourth-order valence-electron chi connectivity index (χ4n) is 1.54. The molecule has 1 atom stereocenters. The van der Waals surface area contributed by atoms with Crippen molar-refractivity contribution in [2.45, 2.75) is 64.9 Å². The van der Waals surface area contributed by atoms with Gasteiger partial charge < -0.3 is 10.4 Å². The standard InChI is InChI=1S/C12H27NO/c1-4-6-7-8-12(3,14)9-11-13-10-5-2/h13-14H,4-11H2,1-3H3. The van der Waals surface area contributed by atoms with E-state index in [0.29, 0.717) is 0 Å². The topological polar surface area (TPSA) is 32.3 Å². The minimum Gasteiger partial charge on any atom is -0.390 e. The highest BCUT2D eigenvalue weighted by atomic mass is 16.3. The van der Waals surface area contributed by atoms with Crippen molar-refractivity contribution in [3.8, 4) is 0 Å². The van der Waals surface area contributed by atoms with Crippen LogP contribution in [0.3, 0.4) is 0 Å². The van der Waals surface area contributed by atoms with Crippen LogP contribution < -0.4 is 5.32 Å². The van der Waals surface area contributed by atoms with Gasteiger partial charge in [0.15, 0.2) is 0 Å². The summed E-state index contributed by atoms with van der Waals surface area (Å²) < 4.78 is 0. The zero-order valence-electron chi connectivity index (χ0n) is 10.1. The summed E-state index contributed by atoms with van der Waals surface area (Å²) >= 11 is 0. The molecule has 0 aromatic heterocycles. The molecule has 2 heteroatoms. The zero-order chi connectivity index (χ0) is 10.9. The van der Waals surface area contributed by atoms with Crippen LogP contribution in [0.2, 0.25) is 0 Å². The minimum atomic E-state index is -0.462. The van der Waals surface area contributed by atoms with Crippen LogP contribution >= 0.6 is 0 Å². The summed E-state index contributed by atoms with van der Waals surface area (Å²) in [6, 6.07) is 0. The molecule has 2 nitrogen and oxygen atoms in total. The number of hydrogen-bond donors (Lipinski definition) is 2. The summed E-state index contributed by atoms with van der Waals surface area (Å²) in [7, 11) is 0. The molecule has 0 aromatic carbocycles. The second-order valence-corrected chi connectivity index (χ2v) is 4.45. The monoisotopic (exact) mass is 201 g/mol. The van der Waals surface area contributed by atoms with Crippen molar-refractivity contribution < 1.29 is 5.11 Å². The quantitative estimate of drug-likeness (QED) is 0.562. The van der Waals surface area contributed by atoms with Crippen molar-refractivity contribution in [1.29, 1.82) is 0 Å². The Morgan fingerprint density at radius 1 is 1.00 bits per heavy atom. The van der Waals surface area contributed by atoms with Crippen LogP contribution in [0.15, 0.2) is 0 Å². The first-order chi connectivity index (χ1) is 6.62. The maximum absolute atomic E-state index is 10.0. The third kappa shape index (κ3) is 8.52. The lowest BCUT2D eigenvalue weighted by atomic mass is 9.95. The molecule has 0 saturated heterocycles. The van der Waals surface area contributed by atoms with Gasteiger partial charge in [0.25, 0.3) is 0 Å². The molecule has 0 heterocycles. The predicted octanol–water partition coefficient (Wildman–Crippen LogP) is 2.71. The van der Waals surface area contributed by atoms with Crippen LogP contribution in [-0.4, -0.2) is 23.8 Å². The highest BCUT2D eigenvalue weighted by Crippen LogP contribution is 2.17. The molecule has 0 spiro atoms. The zero-order valence-corrected chi connectivity index (χ0v) is 10.1. The van der Waals surface area contributed by atoms with Gasteiger partial charge in [-0.25, -0.2) is 0 Å². The van der Waals surface area contributed by atoms with E-state index in [1.807, 2.05) is 6.92 Å². The van der Waals surface area contributed by atoms with E-state index in [0.717, 1.165) is 38.8 Å². The van der Waals surface area contributed by atoms with Gasteiger partial charge in [-0.1, -0.05) is 33.1 Å². The lowest BCUT2D eigenvalue weighted by molar-refractivity contribution is 0.0398. The normalized spacial score (nSPS) is 15.4. The average molecular weight is 201 g/mol. The van der Waals surface area contributed by atoms with Crippen molar-refractivity contribution >= 4 is 0 Å². The third-order valence-corrected chi connectivity index (χ3v) is 2.59. The second-order valence-electron chi connectivity index (χ2n) is 4.45. The molecule has 0 radical (unpaired) electrons. The van der Waals surface area contributed by atoms with Crippen molar-refractivity contribution in [1.82, 2.24) is 5.32 Å². The van der Waals surface area contributed by atoms with Crippen molar-refractivity contribution in [3.63, 3.8) is 0 Å². The summed E-state index contributed by atoms with van der Waals surface area (Å²) in [6.45, 7) is 8.30. The minimum absolute atomic E-state index is 0.462. The Labute approximate surface area is 89.1 Å². The van der Waals surface area contributed by atoms with E-state index in [1.165, 1.54) is 12.8 Å². The fourth-order valence-corrected chi connectivity index (χ4v) is 1.54. The summed E-state index contributed by atoms with van der Waals surface area (Å²) in [5.74, 6) is 0. The van der Waals surface area contributed by atoms with Gasteiger partial charge in [-0.05, 0) is 39.3 Å². The maximum atomic E-state index is 10.0. The highest BCUT2D eigenvalue weighted by molar-refractivity contribution is 4.73. The van der Waals surface area contributed by atoms with Gasteiger partial charge >= 0.3 is 0 Å². The molecule has 0 amide bonds. The van der Waals surface area contributed by atoms with Gasteiger partial charge in [-0.3, -0.25) is 0 Å². The molecule has 0 aliphatic rings. The molecule has 0 rings (SSSR count). The molecule has 0 aromatic rings. The molecule has 0 aliphatic carbocycles. The van der Waals surface area contributed by atoms with Crippen molar-refractivity contribution in [2.24, 2.45) is 0 Å². The van der Waals surface area contributed by atoms with Crippen LogP contribution in [0, 0.1) is 0 Å². The number of rotatable bonds is 9. The molecule has 0 fully saturated rings. The Morgan fingerprint density at radius 2 is 1.71 bits per heavy atom. The summed E-state index contributed by atoms with van der Waals surface area (Å²) in [4.78, 5) is 0. The molecule has 0 bridgehead atoms. The van der Waals surface area contributed by atoms with Gasteiger partial charge in [-0.15, -0.1) is 0 Å². The Balaban J connectivity index is 3.40. The van der Waals surface area contributed by atoms with E-state index in [9.17, 15) is 5.11 Å². The first kappa shape index (κ1) is 13.9.